The lowest BCUT2D eigenvalue weighted by atomic mass is 10.3. The smallest absolute Gasteiger partial charge is 0.191 e. The quantitative estimate of drug-likeness (QED) is 0.441. The Bertz CT molecular complexity index is 483. The lowest BCUT2D eigenvalue weighted by molar-refractivity contribution is 0.507. The van der Waals surface area contributed by atoms with Crippen LogP contribution >= 0.6 is 35.3 Å². The molecule has 0 bridgehead atoms. The van der Waals surface area contributed by atoms with Crippen molar-refractivity contribution in [3.63, 3.8) is 0 Å². The molecule has 110 valence electrons. The zero-order valence-corrected chi connectivity index (χ0v) is 14.6. The van der Waals surface area contributed by atoms with Crippen molar-refractivity contribution in [1.82, 2.24) is 10.6 Å². The fourth-order valence-corrected chi connectivity index (χ4v) is 2.31. The summed E-state index contributed by atoms with van der Waals surface area (Å²) in [6, 6.07) is 5.99. The van der Waals surface area contributed by atoms with E-state index in [2.05, 4.69) is 39.4 Å². The number of aliphatic imine (C=N–C) groups is 1. The van der Waals surface area contributed by atoms with E-state index < -0.39 is 0 Å². The van der Waals surface area contributed by atoms with Crippen molar-refractivity contribution in [1.29, 1.82) is 0 Å². The number of furan rings is 1. The first-order chi connectivity index (χ1) is 9.38. The summed E-state index contributed by atoms with van der Waals surface area (Å²) >= 11 is 1.70. The van der Waals surface area contributed by atoms with Crippen LogP contribution in [-0.4, -0.2) is 19.0 Å². The first-order valence-corrected chi connectivity index (χ1v) is 7.38. The molecule has 6 heteroatoms. The second-order valence-electron chi connectivity index (χ2n) is 4.08. The number of guanidine groups is 1. The fraction of sp³-hybridized carbons (Fsp3) is 0.357. The van der Waals surface area contributed by atoms with Gasteiger partial charge in [-0.1, -0.05) is 0 Å². The molecule has 0 spiro atoms. The van der Waals surface area contributed by atoms with Crippen molar-refractivity contribution < 1.29 is 4.42 Å². The molecule has 0 amide bonds. The van der Waals surface area contributed by atoms with E-state index in [1.54, 1.807) is 17.6 Å². The highest BCUT2D eigenvalue weighted by Crippen LogP contribution is 2.06. The molecule has 2 aromatic heterocycles. The predicted molar refractivity (Wildman–Crippen MR) is 95.0 cm³/mol. The predicted octanol–water partition coefficient (Wildman–Crippen LogP) is 3.26. The molecule has 0 fully saturated rings. The van der Waals surface area contributed by atoms with E-state index in [0.29, 0.717) is 6.54 Å². The number of hydrogen-bond donors (Lipinski definition) is 2. The van der Waals surface area contributed by atoms with Gasteiger partial charge in [0.25, 0.3) is 0 Å². The van der Waals surface area contributed by atoms with E-state index in [4.69, 9.17) is 4.42 Å². The molecule has 0 saturated heterocycles. The summed E-state index contributed by atoms with van der Waals surface area (Å²) in [5, 5.41) is 10.7. The Morgan fingerprint density at radius 2 is 2.25 bits per heavy atom. The summed E-state index contributed by atoms with van der Waals surface area (Å²) < 4.78 is 5.30. The van der Waals surface area contributed by atoms with Crippen LogP contribution in [0.25, 0.3) is 0 Å². The summed E-state index contributed by atoms with van der Waals surface area (Å²) in [4.78, 5) is 4.55. The maximum atomic E-state index is 5.30. The molecule has 2 N–H and O–H groups in total. The maximum Gasteiger partial charge on any atom is 0.191 e. The molecule has 0 aliphatic rings. The first-order valence-electron chi connectivity index (χ1n) is 6.44. The summed E-state index contributed by atoms with van der Waals surface area (Å²) in [7, 11) is 0. The molecule has 0 saturated carbocycles. The average Bonchev–Trinajstić information content (AvgIpc) is 3.09. The first kappa shape index (κ1) is 17.0. The van der Waals surface area contributed by atoms with Gasteiger partial charge in [-0.25, -0.2) is 4.99 Å². The van der Waals surface area contributed by atoms with Crippen molar-refractivity contribution in [3.05, 3.63) is 46.5 Å². The van der Waals surface area contributed by atoms with Gasteiger partial charge in [0, 0.05) is 19.5 Å². The Morgan fingerprint density at radius 1 is 1.35 bits per heavy atom. The van der Waals surface area contributed by atoms with Crippen LogP contribution in [0.4, 0.5) is 0 Å². The third kappa shape index (κ3) is 5.96. The van der Waals surface area contributed by atoms with Gasteiger partial charge in [0.05, 0.1) is 12.8 Å². The van der Waals surface area contributed by atoms with Gasteiger partial charge >= 0.3 is 0 Å². The highest BCUT2D eigenvalue weighted by Gasteiger charge is 1.99. The number of nitrogens with one attached hydrogen (secondary N) is 2. The highest BCUT2D eigenvalue weighted by atomic mass is 127. The molecule has 0 aliphatic heterocycles. The molecule has 0 aliphatic carbocycles. The minimum atomic E-state index is 0. The van der Waals surface area contributed by atoms with Crippen LogP contribution in [0.3, 0.4) is 0 Å². The zero-order valence-electron chi connectivity index (χ0n) is 11.5. The van der Waals surface area contributed by atoms with E-state index in [1.807, 2.05) is 12.1 Å². The topological polar surface area (TPSA) is 49.6 Å². The molecule has 0 atom stereocenters. The van der Waals surface area contributed by atoms with Gasteiger partial charge in [-0.05, 0) is 41.4 Å². The third-order valence-corrected chi connectivity index (χ3v) is 3.32. The van der Waals surface area contributed by atoms with Crippen molar-refractivity contribution in [2.24, 2.45) is 4.99 Å². The molecule has 2 rings (SSSR count). The van der Waals surface area contributed by atoms with Crippen LogP contribution < -0.4 is 10.6 Å². The van der Waals surface area contributed by atoms with E-state index in [-0.39, 0.29) is 24.0 Å². The summed E-state index contributed by atoms with van der Waals surface area (Å²) in [6.07, 6.45) is 2.56. The van der Waals surface area contributed by atoms with Crippen molar-refractivity contribution in [2.75, 3.05) is 13.1 Å². The summed E-state index contributed by atoms with van der Waals surface area (Å²) in [5.41, 5.74) is 1.24. The second kappa shape index (κ2) is 9.82. The SMILES string of the molecule is CCNC(=NCc1ccsc1)NCCc1ccco1.I. The summed E-state index contributed by atoms with van der Waals surface area (Å²) in [5.74, 6) is 1.83. The van der Waals surface area contributed by atoms with Crippen molar-refractivity contribution >= 4 is 41.3 Å². The van der Waals surface area contributed by atoms with E-state index in [0.717, 1.165) is 31.2 Å². The van der Waals surface area contributed by atoms with Crippen LogP contribution in [0, 0.1) is 0 Å². The number of halogens is 1. The molecular formula is C14H20IN3OS. The van der Waals surface area contributed by atoms with E-state index in [1.165, 1.54) is 5.56 Å². The number of thiophene rings is 1. The molecule has 0 radical (unpaired) electrons. The monoisotopic (exact) mass is 405 g/mol. The van der Waals surface area contributed by atoms with Crippen molar-refractivity contribution in [3.8, 4) is 0 Å². The molecule has 4 nitrogen and oxygen atoms in total. The Kier molecular flexibility index (Phi) is 8.36. The molecule has 20 heavy (non-hydrogen) atoms. The highest BCUT2D eigenvalue weighted by molar-refractivity contribution is 14.0. The van der Waals surface area contributed by atoms with Gasteiger partial charge in [-0.15, -0.1) is 24.0 Å². The van der Waals surface area contributed by atoms with Gasteiger partial charge in [0.2, 0.25) is 0 Å². The number of rotatable bonds is 6. The lowest BCUT2D eigenvalue weighted by Gasteiger charge is -2.10. The van der Waals surface area contributed by atoms with E-state index in [9.17, 15) is 0 Å². The van der Waals surface area contributed by atoms with Crippen LogP contribution in [0.5, 0.6) is 0 Å². The number of hydrogen-bond acceptors (Lipinski definition) is 3. The molecule has 2 aromatic rings. The van der Waals surface area contributed by atoms with Crippen molar-refractivity contribution in [2.45, 2.75) is 19.9 Å². The minimum absolute atomic E-state index is 0. The Morgan fingerprint density at radius 3 is 2.90 bits per heavy atom. The molecular weight excluding hydrogens is 385 g/mol. The van der Waals surface area contributed by atoms with Crippen LogP contribution in [0.2, 0.25) is 0 Å². The average molecular weight is 405 g/mol. The molecule has 0 unspecified atom stereocenters. The zero-order chi connectivity index (χ0) is 13.3. The lowest BCUT2D eigenvalue weighted by Crippen LogP contribution is -2.38. The minimum Gasteiger partial charge on any atom is -0.469 e. The van der Waals surface area contributed by atoms with E-state index >= 15 is 0 Å². The number of nitrogens with zero attached hydrogens (tertiary/aromatic N) is 1. The van der Waals surface area contributed by atoms with Gasteiger partial charge in [-0.2, -0.15) is 11.3 Å². The Labute approximate surface area is 140 Å². The normalized spacial score (nSPS) is 10.9. The standard InChI is InChI=1S/C14H19N3OS.HI/c1-2-15-14(17-10-12-6-9-19-11-12)16-7-5-13-4-3-8-18-13;/h3-4,6,8-9,11H,2,5,7,10H2,1H3,(H2,15,16,17);1H. The fourth-order valence-electron chi connectivity index (χ4n) is 1.65. The third-order valence-electron chi connectivity index (χ3n) is 2.59. The largest absolute Gasteiger partial charge is 0.469 e. The maximum absolute atomic E-state index is 5.30. The van der Waals surface area contributed by atoms with Crippen LogP contribution in [0.1, 0.15) is 18.2 Å². The summed E-state index contributed by atoms with van der Waals surface area (Å²) in [6.45, 7) is 4.44. The second-order valence-corrected chi connectivity index (χ2v) is 4.86. The Hall–Kier alpha value is -1.02. The van der Waals surface area contributed by atoms with Gasteiger partial charge in [0.15, 0.2) is 5.96 Å². The van der Waals surface area contributed by atoms with Gasteiger partial charge < -0.3 is 15.1 Å². The van der Waals surface area contributed by atoms with Gasteiger partial charge in [0.1, 0.15) is 5.76 Å². The molecule has 0 aromatic carbocycles. The molecule has 2 heterocycles. The van der Waals surface area contributed by atoms with Crippen LogP contribution in [-0.2, 0) is 13.0 Å². The van der Waals surface area contributed by atoms with Gasteiger partial charge in [-0.3, -0.25) is 0 Å². The van der Waals surface area contributed by atoms with Crippen LogP contribution in [0.15, 0.2) is 44.6 Å². The Balaban J connectivity index is 0.00000200.